The molecule has 138 valence electrons. The van der Waals surface area contributed by atoms with Gasteiger partial charge in [-0.2, -0.15) is 0 Å². The van der Waals surface area contributed by atoms with Gasteiger partial charge in [-0.05, 0) is 36.4 Å². The van der Waals surface area contributed by atoms with Crippen LogP contribution in [0.15, 0.2) is 59.5 Å². The Hall–Kier alpha value is -1.82. The van der Waals surface area contributed by atoms with Crippen LogP contribution in [0, 0.1) is 0 Å². The summed E-state index contributed by atoms with van der Waals surface area (Å²) < 4.78 is 0. The highest BCUT2D eigenvalue weighted by Crippen LogP contribution is 2.32. The number of nitrogens with zero attached hydrogens (tertiary/aromatic N) is 2. The summed E-state index contributed by atoms with van der Waals surface area (Å²) in [5, 5.41) is 9.11. The molecule has 1 N–H and O–H groups in total. The predicted molar refractivity (Wildman–Crippen MR) is 107 cm³/mol. The van der Waals surface area contributed by atoms with Crippen LogP contribution in [0.5, 0.6) is 0 Å². The number of rotatable bonds is 6. The van der Waals surface area contributed by atoms with E-state index in [0.29, 0.717) is 0 Å². The summed E-state index contributed by atoms with van der Waals surface area (Å²) in [5.41, 5.74) is 2.58. The SMILES string of the molecule is CSc1cccc(C(c2ccccc2)N2CCN(CC(=O)O)C(C)C2)c1. The van der Waals surface area contributed by atoms with Gasteiger partial charge in [-0.3, -0.25) is 14.6 Å². The molecule has 1 heterocycles. The fourth-order valence-corrected chi connectivity index (χ4v) is 4.20. The normalized spacial score (nSPS) is 20.0. The Balaban J connectivity index is 1.88. The Kier molecular flexibility index (Phi) is 6.35. The first-order valence-electron chi connectivity index (χ1n) is 8.97. The minimum absolute atomic E-state index is 0.118. The first kappa shape index (κ1) is 19.0. The van der Waals surface area contributed by atoms with Gasteiger partial charge in [-0.15, -0.1) is 11.8 Å². The Morgan fingerprint density at radius 3 is 2.54 bits per heavy atom. The maximum absolute atomic E-state index is 11.1. The molecule has 1 aliphatic heterocycles. The zero-order chi connectivity index (χ0) is 18.5. The summed E-state index contributed by atoms with van der Waals surface area (Å²) in [4.78, 5) is 16.9. The third-order valence-corrected chi connectivity index (χ3v) is 5.75. The van der Waals surface area contributed by atoms with Crippen LogP contribution in [0.1, 0.15) is 24.1 Å². The second kappa shape index (κ2) is 8.71. The Morgan fingerprint density at radius 1 is 1.15 bits per heavy atom. The van der Waals surface area contributed by atoms with E-state index in [-0.39, 0.29) is 18.6 Å². The van der Waals surface area contributed by atoms with Gasteiger partial charge >= 0.3 is 5.97 Å². The molecule has 0 bridgehead atoms. The van der Waals surface area contributed by atoms with Crippen molar-refractivity contribution in [1.82, 2.24) is 9.80 Å². The lowest BCUT2D eigenvalue weighted by Gasteiger charge is -2.43. The van der Waals surface area contributed by atoms with E-state index < -0.39 is 5.97 Å². The molecule has 3 rings (SSSR count). The Bertz CT molecular complexity index is 738. The molecule has 2 aromatic rings. The van der Waals surface area contributed by atoms with Crippen LogP contribution in [0.3, 0.4) is 0 Å². The average Bonchev–Trinajstić information content (AvgIpc) is 2.65. The second-order valence-electron chi connectivity index (χ2n) is 6.80. The van der Waals surface area contributed by atoms with Crippen LogP contribution in [0.4, 0.5) is 0 Å². The summed E-state index contributed by atoms with van der Waals surface area (Å²) in [6.07, 6.45) is 2.10. The quantitative estimate of drug-likeness (QED) is 0.787. The van der Waals surface area contributed by atoms with E-state index in [4.69, 9.17) is 5.11 Å². The topological polar surface area (TPSA) is 43.8 Å². The van der Waals surface area contributed by atoms with Gasteiger partial charge in [-0.25, -0.2) is 0 Å². The summed E-state index contributed by atoms with van der Waals surface area (Å²) in [5.74, 6) is -0.752. The van der Waals surface area contributed by atoms with Crippen molar-refractivity contribution in [2.24, 2.45) is 0 Å². The molecular formula is C21H26N2O2S. The highest BCUT2D eigenvalue weighted by molar-refractivity contribution is 7.98. The van der Waals surface area contributed by atoms with E-state index in [1.807, 2.05) is 6.07 Å². The summed E-state index contributed by atoms with van der Waals surface area (Å²) in [7, 11) is 0. The molecule has 1 aliphatic rings. The highest BCUT2D eigenvalue weighted by atomic mass is 32.2. The molecular weight excluding hydrogens is 344 g/mol. The molecule has 2 atom stereocenters. The van der Waals surface area contributed by atoms with E-state index in [9.17, 15) is 4.79 Å². The lowest BCUT2D eigenvalue weighted by Crippen LogP contribution is -2.54. The summed E-state index contributed by atoms with van der Waals surface area (Å²) >= 11 is 1.76. The van der Waals surface area contributed by atoms with Gasteiger partial charge in [0.1, 0.15) is 0 Å². The smallest absolute Gasteiger partial charge is 0.317 e. The predicted octanol–water partition coefficient (Wildman–Crippen LogP) is 3.59. The van der Waals surface area contributed by atoms with Crippen molar-refractivity contribution in [2.75, 3.05) is 32.4 Å². The molecule has 2 unspecified atom stereocenters. The van der Waals surface area contributed by atoms with Gasteiger partial charge in [0.05, 0.1) is 12.6 Å². The highest BCUT2D eigenvalue weighted by Gasteiger charge is 2.31. The molecule has 1 saturated heterocycles. The van der Waals surface area contributed by atoms with Crippen molar-refractivity contribution in [3.63, 3.8) is 0 Å². The molecule has 0 saturated carbocycles. The van der Waals surface area contributed by atoms with Gasteiger partial charge in [0, 0.05) is 30.6 Å². The number of carboxylic acids is 1. The largest absolute Gasteiger partial charge is 0.480 e. The van der Waals surface area contributed by atoms with Gasteiger partial charge < -0.3 is 5.11 Å². The number of benzene rings is 2. The fraction of sp³-hybridized carbons (Fsp3) is 0.381. The van der Waals surface area contributed by atoms with E-state index in [2.05, 4.69) is 71.5 Å². The average molecular weight is 371 g/mol. The molecule has 26 heavy (non-hydrogen) atoms. The lowest BCUT2D eigenvalue weighted by atomic mass is 9.95. The molecule has 5 heteroatoms. The standard InChI is InChI=1S/C21H26N2O2S/c1-16-14-23(12-11-22(16)15-20(24)25)21(17-7-4-3-5-8-17)18-9-6-10-19(13-18)26-2/h3-10,13,16,21H,11-12,14-15H2,1-2H3,(H,24,25). The third kappa shape index (κ3) is 4.47. The number of hydrogen-bond donors (Lipinski definition) is 1. The minimum atomic E-state index is -0.752. The van der Waals surface area contributed by atoms with E-state index in [1.54, 1.807) is 11.8 Å². The van der Waals surface area contributed by atoms with E-state index in [0.717, 1.165) is 19.6 Å². The number of thioether (sulfide) groups is 1. The van der Waals surface area contributed by atoms with Crippen LogP contribution in [0.2, 0.25) is 0 Å². The number of piperazine rings is 1. The first-order valence-corrected chi connectivity index (χ1v) is 10.2. The van der Waals surface area contributed by atoms with E-state index in [1.165, 1.54) is 16.0 Å². The van der Waals surface area contributed by atoms with Gasteiger partial charge in [0.15, 0.2) is 0 Å². The van der Waals surface area contributed by atoms with Crippen LogP contribution in [-0.4, -0.2) is 59.4 Å². The molecule has 0 radical (unpaired) electrons. The van der Waals surface area contributed by atoms with Crippen molar-refractivity contribution in [3.8, 4) is 0 Å². The van der Waals surface area contributed by atoms with Crippen LogP contribution in [-0.2, 0) is 4.79 Å². The molecule has 2 aromatic carbocycles. The Labute approximate surface area is 159 Å². The van der Waals surface area contributed by atoms with Crippen LogP contribution < -0.4 is 0 Å². The van der Waals surface area contributed by atoms with Gasteiger partial charge in [-0.1, -0.05) is 42.5 Å². The zero-order valence-electron chi connectivity index (χ0n) is 15.3. The zero-order valence-corrected chi connectivity index (χ0v) is 16.2. The maximum atomic E-state index is 11.1. The van der Waals surface area contributed by atoms with Gasteiger partial charge in [0.25, 0.3) is 0 Å². The maximum Gasteiger partial charge on any atom is 0.317 e. The van der Waals surface area contributed by atoms with Crippen molar-refractivity contribution >= 4 is 17.7 Å². The molecule has 0 aliphatic carbocycles. The number of hydrogen-bond acceptors (Lipinski definition) is 4. The number of aliphatic carboxylic acids is 1. The van der Waals surface area contributed by atoms with Crippen molar-refractivity contribution in [3.05, 3.63) is 65.7 Å². The second-order valence-corrected chi connectivity index (χ2v) is 7.68. The fourth-order valence-electron chi connectivity index (χ4n) is 3.73. The Morgan fingerprint density at radius 2 is 1.88 bits per heavy atom. The summed E-state index contributed by atoms with van der Waals surface area (Å²) in [6.45, 7) is 4.73. The van der Waals surface area contributed by atoms with Crippen molar-refractivity contribution < 1.29 is 9.90 Å². The lowest BCUT2D eigenvalue weighted by molar-refractivity contribution is -0.139. The monoisotopic (exact) mass is 370 g/mol. The van der Waals surface area contributed by atoms with Crippen molar-refractivity contribution in [1.29, 1.82) is 0 Å². The van der Waals surface area contributed by atoms with Crippen molar-refractivity contribution in [2.45, 2.75) is 23.9 Å². The van der Waals surface area contributed by atoms with Crippen LogP contribution >= 0.6 is 11.8 Å². The first-order chi connectivity index (χ1) is 12.6. The third-order valence-electron chi connectivity index (χ3n) is 5.02. The summed E-state index contributed by atoms with van der Waals surface area (Å²) in [6, 6.07) is 19.7. The van der Waals surface area contributed by atoms with Gasteiger partial charge in [0.2, 0.25) is 0 Å². The van der Waals surface area contributed by atoms with Crippen LogP contribution in [0.25, 0.3) is 0 Å². The number of carboxylic acid groups (broad SMARTS) is 1. The number of carbonyl (C=O) groups is 1. The van der Waals surface area contributed by atoms with E-state index >= 15 is 0 Å². The molecule has 0 amide bonds. The molecule has 0 spiro atoms. The molecule has 0 aromatic heterocycles. The molecule has 4 nitrogen and oxygen atoms in total. The molecule has 1 fully saturated rings. The minimum Gasteiger partial charge on any atom is -0.480 e.